The smallest absolute Gasteiger partial charge is 0.105 e. The van der Waals surface area contributed by atoms with E-state index >= 15 is 0 Å². The fraction of sp³-hybridized carbons (Fsp3) is 0.455. The highest BCUT2D eigenvalue weighted by atomic mass is 35.5. The van der Waals surface area contributed by atoms with Crippen molar-refractivity contribution in [3.63, 3.8) is 0 Å². The minimum absolute atomic E-state index is 0.130. The summed E-state index contributed by atoms with van der Waals surface area (Å²) in [6, 6.07) is 4.90. The SMILES string of the molecule is [N-]=[N+]=NCCC(O)C(O)c1ccc(Cl)c(CCl)c1. The second-order valence-electron chi connectivity index (χ2n) is 3.74. The lowest BCUT2D eigenvalue weighted by Gasteiger charge is -2.18. The third-order valence-corrected chi connectivity index (χ3v) is 3.16. The molecule has 1 aromatic rings. The van der Waals surface area contributed by atoms with Gasteiger partial charge in [0.05, 0.1) is 6.10 Å². The summed E-state index contributed by atoms with van der Waals surface area (Å²) in [6.07, 6.45) is -1.87. The first-order chi connectivity index (χ1) is 8.60. The number of halogens is 2. The second-order valence-corrected chi connectivity index (χ2v) is 4.41. The van der Waals surface area contributed by atoms with Crippen molar-refractivity contribution in [1.82, 2.24) is 0 Å². The van der Waals surface area contributed by atoms with Crippen LogP contribution in [0.5, 0.6) is 0 Å². The molecule has 0 aliphatic carbocycles. The number of nitrogens with zero attached hydrogens (tertiary/aromatic N) is 3. The van der Waals surface area contributed by atoms with Crippen LogP contribution in [0.4, 0.5) is 0 Å². The number of alkyl halides is 1. The molecule has 0 fully saturated rings. The van der Waals surface area contributed by atoms with Gasteiger partial charge in [-0.2, -0.15) is 0 Å². The molecule has 7 heteroatoms. The maximum absolute atomic E-state index is 9.93. The van der Waals surface area contributed by atoms with Crippen molar-refractivity contribution in [2.24, 2.45) is 5.11 Å². The number of rotatable bonds is 6. The van der Waals surface area contributed by atoms with E-state index in [9.17, 15) is 10.2 Å². The minimum Gasteiger partial charge on any atom is -0.390 e. The van der Waals surface area contributed by atoms with E-state index in [4.69, 9.17) is 28.7 Å². The van der Waals surface area contributed by atoms with Crippen LogP contribution in [-0.2, 0) is 5.88 Å². The zero-order valence-electron chi connectivity index (χ0n) is 9.50. The molecule has 2 unspecified atom stereocenters. The summed E-state index contributed by atoms with van der Waals surface area (Å²) in [6.45, 7) is 0.130. The van der Waals surface area contributed by atoms with E-state index in [0.29, 0.717) is 16.1 Å². The summed E-state index contributed by atoms with van der Waals surface area (Å²) < 4.78 is 0. The Hall–Kier alpha value is -0.970. The van der Waals surface area contributed by atoms with Crippen molar-refractivity contribution in [1.29, 1.82) is 0 Å². The molecule has 0 heterocycles. The molecule has 5 nitrogen and oxygen atoms in total. The second kappa shape index (κ2) is 7.46. The maximum Gasteiger partial charge on any atom is 0.105 e. The van der Waals surface area contributed by atoms with Crippen LogP contribution >= 0.6 is 23.2 Å². The Kier molecular flexibility index (Phi) is 6.25. The molecule has 0 aliphatic rings. The summed E-state index contributed by atoms with van der Waals surface area (Å²) in [4.78, 5) is 2.58. The van der Waals surface area contributed by atoms with Crippen molar-refractivity contribution >= 4 is 23.2 Å². The van der Waals surface area contributed by atoms with Gasteiger partial charge < -0.3 is 10.2 Å². The van der Waals surface area contributed by atoms with E-state index in [-0.39, 0.29) is 18.8 Å². The van der Waals surface area contributed by atoms with Crippen LogP contribution in [0.2, 0.25) is 5.02 Å². The molecule has 98 valence electrons. The van der Waals surface area contributed by atoms with Crippen LogP contribution < -0.4 is 0 Å². The highest BCUT2D eigenvalue weighted by molar-refractivity contribution is 6.32. The van der Waals surface area contributed by atoms with Gasteiger partial charge >= 0.3 is 0 Å². The minimum atomic E-state index is -1.06. The molecule has 0 bridgehead atoms. The van der Waals surface area contributed by atoms with E-state index in [2.05, 4.69) is 10.0 Å². The van der Waals surface area contributed by atoms with Crippen molar-refractivity contribution < 1.29 is 10.2 Å². The normalized spacial score (nSPS) is 13.8. The van der Waals surface area contributed by atoms with Gasteiger partial charge in [0.1, 0.15) is 6.10 Å². The first-order valence-corrected chi connectivity index (χ1v) is 6.22. The standard InChI is InChI=1S/C11H13Cl2N3O2/c12-6-8-5-7(1-2-9(8)13)11(18)10(17)3-4-15-16-14/h1-2,5,10-11,17-18H,3-4,6H2. The number of benzene rings is 1. The third-order valence-electron chi connectivity index (χ3n) is 2.51. The first kappa shape index (κ1) is 15.1. The summed E-state index contributed by atoms with van der Waals surface area (Å²) >= 11 is 11.6. The van der Waals surface area contributed by atoms with Gasteiger partial charge in [0.2, 0.25) is 0 Å². The van der Waals surface area contributed by atoms with Crippen molar-refractivity contribution in [2.75, 3.05) is 6.54 Å². The largest absolute Gasteiger partial charge is 0.390 e. The van der Waals surface area contributed by atoms with E-state index in [1.54, 1.807) is 18.2 Å². The molecule has 0 aromatic heterocycles. The zero-order chi connectivity index (χ0) is 13.5. The molecule has 1 aromatic carbocycles. The average Bonchev–Trinajstić information content (AvgIpc) is 2.38. The van der Waals surface area contributed by atoms with Gasteiger partial charge in [-0.05, 0) is 29.1 Å². The summed E-state index contributed by atoms with van der Waals surface area (Å²) in [5.74, 6) is 0.230. The number of aliphatic hydroxyl groups excluding tert-OH is 2. The van der Waals surface area contributed by atoms with Gasteiger partial charge in [0, 0.05) is 22.4 Å². The number of azide groups is 1. The fourth-order valence-electron chi connectivity index (χ4n) is 1.50. The third kappa shape index (κ3) is 4.05. The molecule has 0 spiro atoms. The van der Waals surface area contributed by atoms with Gasteiger partial charge in [0.15, 0.2) is 0 Å². The summed E-state index contributed by atoms with van der Waals surface area (Å²) in [7, 11) is 0. The summed E-state index contributed by atoms with van der Waals surface area (Å²) in [5.41, 5.74) is 9.34. The molecular weight excluding hydrogens is 277 g/mol. The molecule has 2 N–H and O–H groups in total. The van der Waals surface area contributed by atoms with Crippen molar-refractivity contribution in [3.05, 3.63) is 44.8 Å². The van der Waals surface area contributed by atoms with Gasteiger partial charge in [0.25, 0.3) is 0 Å². The van der Waals surface area contributed by atoms with E-state index < -0.39 is 12.2 Å². The molecule has 1 rings (SSSR count). The predicted molar refractivity (Wildman–Crippen MR) is 70.6 cm³/mol. The van der Waals surface area contributed by atoms with Crippen LogP contribution in [0.25, 0.3) is 10.4 Å². The van der Waals surface area contributed by atoms with Gasteiger partial charge in [-0.25, -0.2) is 0 Å². The van der Waals surface area contributed by atoms with Gasteiger partial charge in [-0.3, -0.25) is 0 Å². The Morgan fingerprint density at radius 1 is 1.39 bits per heavy atom. The molecule has 2 atom stereocenters. The zero-order valence-corrected chi connectivity index (χ0v) is 11.0. The molecule has 0 saturated carbocycles. The van der Waals surface area contributed by atoms with E-state index in [0.717, 1.165) is 0 Å². The molecule has 0 saturated heterocycles. The number of hydrogen-bond donors (Lipinski definition) is 2. The van der Waals surface area contributed by atoms with Crippen molar-refractivity contribution in [2.45, 2.75) is 24.5 Å². The summed E-state index contributed by atoms with van der Waals surface area (Å²) in [5, 5.41) is 23.5. The first-order valence-electron chi connectivity index (χ1n) is 5.31. The lowest BCUT2D eigenvalue weighted by atomic mass is 10.0. The van der Waals surface area contributed by atoms with Crippen LogP contribution in [-0.4, -0.2) is 22.9 Å². The lowest BCUT2D eigenvalue weighted by molar-refractivity contribution is 0.0150. The Balaban J connectivity index is 2.76. The lowest BCUT2D eigenvalue weighted by Crippen LogP contribution is -2.19. The monoisotopic (exact) mass is 289 g/mol. The van der Waals surface area contributed by atoms with Crippen LogP contribution in [0.1, 0.15) is 23.7 Å². The molecular formula is C11H13Cl2N3O2. The van der Waals surface area contributed by atoms with E-state index in [1.807, 2.05) is 0 Å². The van der Waals surface area contributed by atoms with Gasteiger partial charge in [-0.1, -0.05) is 28.8 Å². The van der Waals surface area contributed by atoms with Gasteiger partial charge in [-0.15, -0.1) is 11.6 Å². The van der Waals surface area contributed by atoms with Crippen LogP contribution in [0, 0.1) is 0 Å². The highest BCUT2D eigenvalue weighted by Crippen LogP contribution is 2.25. The van der Waals surface area contributed by atoms with Crippen molar-refractivity contribution in [3.8, 4) is 0 Å². The number of aliphatic hydroxyl groups is 2. The van der Waals surface area contributed by atoms with Crippen LogP contribution in [0.3, 0.4) is 0 Å². The quantitative estimate of drug-likeness (QED) is 0.364. The molecule has 0 aliphatic heterocycles. The fourth-order valence-corrected chi connectivity index (χ4v) is 1.97. The molecule has 0 radical (unpaired) electrons. The van der Waals surface area contributed by atoms with Crippen LogP contribution in [0.15, 0.2) is 23.3 Å². The predicted octanol–water partition coefficient (Wildman–Crippen LogP) is 3.17. The Morgan fingerprint density at radius 3 is 2.72 bits per heavy atom. The maximum atomic E-state index is 9.93. The topological polar surface area (TPSA) is 89.2 Å². The Morgan fingerprint density at radius 2 is 2.11 bits per heavy atom. The average molecular weight is 290 g/mol. The Bertz CT molecular complexity index is 450. The highest BCUT2D eigenvalue weighted by Gasteiger charge is 2.18. The van der Waals surface area contributed by atoms with E-state index in [1.165, 1.54) is 0 Å². The number of hydrogen-bond acceptors (Lipinski definition) is 3. The molecule has 0 amide bonds. The Labute approximate surface area is 115 Å². The molecule has 18 heavy (non-hydrogen) atoms.